The maximum atomic E-state index is 13.5. The van der Waals surface area contributed by atoms with Crippen LogP contribution in [0.5, 0.6) is 0 Å². The molecule has 14 nitrogen and oxygen atoms in total. The third-order valence-corrected chi connectivity index (χ3v) is 10.7. The standard InChI is InChI=1S/C40H52N8O6/c1-23(2)33(45-39(51)53-5)37(49)47-19-7-9-31(47)35-41-21-29(43-35)27-15-11-25(12-16-27)26-13-17-28(18-14-26)30-22-42-36(44-30)32-10-8-20-48(32)38(50)34(24(3)4)46-40(52)54-6/h11-18,21,23-24,30-34H,7-10,19-20,22H2,1-6H3,(H,41,43)(H,42,44)(H,45,51)(H,46,52)/t30?,31?,32-,33-,34-/m0/s1. The number of alkyl carbamates (subject to hydrolysis) is 2. The summed E-state index contributed by atoms with van der Waals surface area (Å²) >= 11 is 0. The normalized spacial score (nSPS) is 20.7. The first-order valence-corrected chi connectivity index (χ1v) is 18.9. The number of amidine groups is 1. The van der Waals surface area contributed by atoms with E-state index in [-0.39, 0.29) is 41.8 Å². The van der Waals surface area contributed by atoms with Gasteiger partial charge in [-0.1, -0.05) is 76.2 Å². The molecule has 0 aliphatic carbocycles. The molecule has 288 valence electrons. The van der Waals surface area contributed by atoms with Crippen molar-refractivity contribution in [1.82, 2.24) is 35.7 Å². The first kappa shape index (κ1) is 38.3. The van der Waals surface area contributed by atoms with Crippen molar-refractivity contribution in [2.45, 2.75) is 83.6 Å². The molecule has 2 aromatic carbocycles. The summed E-state index contributed by atoms with van der Waals surface area (Å²) in [6, 6.07) is 15.0. The van der Waals surface area contributed by atoms with Crippen LogP contribution in [0.25, 0.3) is 22.4 Å². The second kappa shape index (κ2) is 16.7. The maximum absolute atomic E-state index is 13.5. The third kappa shape index (κ3) is 8.22. The highest BCUT2D eigenvalue weighted by Gasteiger charge is 2.40. The summed E-state index contributed by atoms with van der Waals surface area (Å²) in [7, 11) is 2.59. The Morgan fingerprint density at radius 3 is 1.78 bits per heavy atom. The predicted octanol–water partition coefficient (Wildman–Crippen LogP) is 5.20. The van der Waals surface area contributed by atoms with E-state index in [0.29, 0.717) is 19.6 Å². The third-order valence-electron chi connectivity index (χ3n) is 10.7. The quantitative estimate of drug-likeness (QED) is 0.208. The number of nitrogens with one attached hydrogen (secondary N) is 4. The van der Waals surface area contributed by atoms with Crippen molar-refractivity contribution in [3.8, 4) is 22.4 Å². The van der Waals surface area contributed by atoms with Crippen molar-refractivity contribution in [3.05, 3.63) is 66.1 Å². The highest BCUT2D eigenvalue weighted by Crippen LogP contribution is 2.34. The minimum atomic E-state index is -0.684. The van der Waals surface area contributed by atoms with Gasteiger partial charge in [-0.25, -0.2) is 14.6 Å². The van der Waals surface area contributed by atoms with Crippen LogP contribution in [0.4, 0.5) is 9.59 Å². The first-order valence-electron chi connectivity index (χ1n) is 18.9. The van der Waals surface area contributed by atoms with E-state index in [2.05, 4.69) is 74.4 Å². The van der Waals surface area contributed by atoms with Gasteiger partial charge in [-0.3, -0.25) is 14.6 Å². The molecule has 6 rings (SSSR count). The van der Waals surface area contributed by atoms with Crippen LogP contribution in [0.3, 0.4) is 0 Å². The van der Waals surface area contributed by atoms with Gasteiger partial charge in [0.2, 0.25) is 11.8 Å². The molecule has 3 aromatic rings. The number of rotatable bonds is 11. The molecular formula is C40H52N8O6. The minimum Gasteiger partial charge on any atom is -0.453 e. The van der Waals surface area contributed by atoms with Gasteiger partial charge in [0.25, 0.3) is 0 Å². The summed E-state index contributed by atoms with van der Waals surface area (Å²) in [5.41, 5.74) is 5.12. The van der Waals surface area contributed by atoms with E-state index < -0.39 is 24.3 Å². The van der Waals surface area contributed by atoms with E-state index in [0.717, 1.165) is 65.3 Å². The molecule has 0 spiro atoms. The largest absolute Gasteiger partial charge is 0.453 e. The number of aliphatic imine (C=N–C) groups is 1. The van der Waals surface area contributed by atoms with Crippen LogP contribution >= 0.6 is 0 Å². The second-order valence-electron chi connectivity index (χ2n) is 14.9. The van der Waals surface area contributed by atoms with E-state index in [9.17, 15) is 19.2 Å². The fourth-order valence-corrected chi connectivity index (χ4v) is 7.64. The summed E-state index contributed by atoms with van der Waals surface area (Å²) in [5, 5.41) is 8.98. The van der Waals surface area contributed by atoms with Gasteiger partial charge in [-0.2, -0.15) is 0 Å². The molecule has 1 aromatic heterocycles. The molecule has 3 aliphatic rings. The Balaban J connectivity index is 1.07. The Labute approximate surface area is 316 Å². The molecule has 5 atom stereocenters. The van der Waals surface area contributed by atoms with Crippen LogP contribution in [0, 0.1) is 11.8 Å². The summed E-state index contributed by atoms with van der Waals surface area (Å²) in [6.45, 7) is 9.42. The number of likely N-dealkylation sites (tertiary alicyclic amines) is 2. The molecule has 54 heavy (non-hydrogen) atoms. The Morgan fingerprint density at radius 2 is 1.24 bits per heavy atom. The highest BCUT2D eigenvalue weighted by molar-refractivity contribution is 5.95. The number of amides is 4. The summed E-state index contributed by atoms with van der Waals surface area (Å²) in [6.07, 6.45) is 3.89. The van der Waals surface area contributed by atoms with Crippen LogP contribution in [0.15, 0.2) is 59.7 Å². The zero-order valence-corrected chi connectivity index (χ0v) is 31.9. The highest BCUT2D eigenvalue weighted by atomic mass is 16.5. The number of carbonyl (C=O) groups is 4. The van der Waals surface area contributed by atoms with E-state index in [1.165, 1.54) is 14.2 Å². The first-order chi connectivity index (χ1) is 26.0. The van der Waals surface area contributed by atoms with Crippen molar-refractivity contribution < 1.29 is 28.7 Å². The number of hydrogen-bond acceptors (Lipinski definition) is 9. The number of imidazole rings is 1. The lowest BCUT2D eigenvalue weighted by Crippen LogP contribution is -2.54. The molecule has 0 radical (unpaired) electrons. The number of benzene rings is 2. The second-order valence-corrected chi connectivity index (χ2v) is 14.9. The lowest BCUT2D eigenvalue weighted by Gasteiger charge is -2.31. The van der Waals surface area contributed by atoms with Crippen molar-refractivity contribution in [1.29, 1.82) is 0 Å². The SMILES string of the molecule is COC(=O)N[C@H](C(=O)N1CCCC1c1ncc(-c2ccc(-c3ccc(C4CN=C([C@@H]5CCCN5C(=O)[C@@H](NC(=O)OC)C(C)C)N4)cc3)cc2)[nH]1)C(C)C. The maximum Gasteiger partial charge on any atom is 0.407 e. The van der Waals surface area contributed by atoms with E-state index in [1.54, 1.807) is 6.20 Å². The average Bonchev–Trinajstić information content (AvgIpc) is 4.02. The van der Waals surface area contributed by atoms with Gasteiger partial charge < -0.3 is 40.2 Å². The van der Waals surface area contributed by atoms with Crippen LogP contribution in [-0.4, -0.2) is 102 Å². The molecule has 4 N–H and O–H groups in total. The van der Waals surface area contributed by atoms with Crippen LogP contribution < -0.4 is 16.0 Å². The van der Waals surface area contributed by atoms with Crippen LogP contribution in [-0.2, 0) is 19.1 Å². The summed E-state index contributed by atoms with van der Waals surface area (Å²) in [4.78, 5) is 67.5. The fourth-order valence-electron chi connectivity index (χ4n) is 7.64. The number of hydrogen-bond donors (Lipinski definition) is 4. The van der Waals surface area contributed by atoms with Crippen molar-refractivity contribution in [2.75, 3.05) is 33.9 Å². The lowest BCUT2D eigenvalue weighted by atomic mass is 9.99. The zero-order valence-electron chi connectivity index (χ0n) is 31.9. The Kier molecular flexibility index (Phi) is 11.9. The number of ether oxygens (including phenoxy) is 2. The number of aromatic amines is 1. The van der Waals surface area contributed by atoms with Gasteiger partial charge in [0.15, 0.2) is 0 Å². The molecule has 2 saturated heterocycles. The van der Waals surface area contributed by atoms with Gasteiger partial charge in [0, 0.05) is 13.1 Å². The van der Waals surface area contributed by atoms with Gasteiger partial charge in [0.1, 0.15) is 23.7 Å². The molecule has 3 aliphatic heterocycles. The Hall–Kier alpha value is -5.40. The van der Waals surface area contributed by atoms with Gasteiger partial charge >= 0.3 is 12.2 Å². The monoisotopic (exact) mass is 740 g/mol. The molecule has 0 saturated carbocycles. The lowest BCUT2D eigenvalue weighted by molar-refractivity contribution is -0.135. The molecular weight excluding hydrogens is 688 g/mol. The minimum absolute atomic E-state index is 0.00379. The van der Waals surface area contributed by atoms with Crippen molar-refractivity contribution in [3.63, 3.8) is 0 Å². The van der Waals surface area contributed by atoms with Gasteiger partial charge in [0.05, 0.1) is 50.8 Å². The number of H-pyrrole nitrogens is 1. The topological polar surface area (TPSA) is 170 Å². The van der Waals surface area contributed by atoms with Crippen molar-refractivity contribution in [2.24, 2.45) is 16.8 Å². The van der Waals surface area contributed by atoms with Gasteiger partial charge in [-0.15, -0.1) is 0 Å². The van der Waals surface area contributed by atoms with E-state index >= 15 is 0 Å². The molecule has 2 unspecified atom stereocenters. The molecule has 4 heterocycles. The predicted molar refractivity (Wildman–Crippen MR) is 204 cm³/mol. The number of carbonyl (C=O) groups excluding carboxylic acids is 4. The molecule has 0 bridgehead atoms. The molecule has 2 fully saturated rings. The summed E-state index contributed by atoms with van der Waals surface area (Å²) < 4.78 is 9.51. The molecule has 14 heteroatoms. The fraction of sp³-hybridized carbons (Fsp3) is 0.500. The molecule has 4 amide bonds. The Bertz CT molecular complexity index is 1840. The van der Waals surface area contributed by atoms with Crippen molar-refractivity contribution >= 4 is 29.8 Å². The van der Waals surface area contributed by atoms with E-state index in [1.807, 2.05) is 37.5 Å². The zero-order chi connectivity index (χ0) is 38.5. The smallest absolute Gasteiger partial charge is 0.407 e. The van der Waals surface area contributed by atoms with Gasteiger partial charge in [-0.05, 0) is 59.8 Å². The summed E-state index contributed by atoms with van der Waals surface area (Å²) in [5.74, 6) is 1.10. The number of methoxy groups -OCH3 is 2. The number of aromatic nitrogens is 2. The average molecular weight is 741 g/mol. The Morgan fingerprint density at radius 1 is 0.741 bits per heavy atom. The number of nitrogens with zero attached hydrogens (tertiary/aromatic N) is 4. The van der Waals surface area contributed by atoms with E-state index in [4.69, 9.17) is 14.5 Å². The van der Waals surface area contributed by atoms with Crippen LogP contribution in [0.2, 0.25) is 0 Å². The van der Waals surface area contributed by atoms with Crippen LogP contribution in [0.1, 0.15) is 76.8 Å².